The van der Waals surface area contributed by atoms with Crippen molar-refractivity contribution in [3.05, 3.63) is 58.1 Å². The van der Waals surface area contributed by atoms with Gasteiger partial charge < -0.3 is 20.1 Å². The van der Waals surface area contributed by atoms with Gasteiger partial charge >= 0.3 is 0 Å². The summed E-state index contributed by atoms with van der Waals surface area (Å²) < 4.78 is 0. The van der Waals surface area contributed by atoms with Crippen LogP contribution in [0, 0.1) is 0 Å². The summed E-state index contributed by atoms with van der Waals surface area (Å²) >= 11 is 12.8. The molecule has 2 aromatic heterocycles. The quantitative estimate of drug-likeness (QED) is 0.290. The summed E-state index contributed by atoms with van der Waals surface area (Å²) in [7, 11) is 0. The number of piperidine rings is 1. The number of amides is 2. The number of H-pyrrole nitrogens is 1. The lowest BCUT2D eigenvalue weighted by atomic mass is 9.99. The Hall–Kier alpha value is -3.43. The number of hydrogen-bond acceptors (Lipinski definition) is 6. The summed E-state index contributed by atoms with van der Waals surface area (Å²) in [6, 6.07) is 8.20. The molecule has 0 saturated carbocycles. The first-order valence-electron chi connectivity index (χ1n) is 13.3. The number of carbonyl (C=O) groups is 2. The zero-order valence-corrected chi connectivity index (χ0v) is 23.7. The van der Waals surface area contributed by atoms with Crippen LogP contribution in [0.1, 0.15) is 62.3 Å². The van der Waals surface area contributed by atoms with Gasteiger partial charge in [0.05, 0.1) is 33.2 Å². The molecule has 2 N–H and O–H groups in total. The van der Waals surface area contributed by atoms with E-state index in [1.54, 1.807) is 28.0 Å². The van der Waals surface area contributed by atoms with Crippen LogP contribution in [0.15, 0.2) is 36.7 Å². The van der Waals surface area contributed by atoms with E-state index in [-0.39, 0.29) is 22.9 Å². The molecular formula is C28H31Cl2N7O2. The summed E-state index contributed by atoms with van der Waals surface area (Å²) in [5.74, 6) is 1.03. The zero-order chi connectivity index (χ0) is 27.7. The average Bonchev–Trinajstić information content (AvgIpc) is 3.37. The minimum atomic E-state index is -0.486. The second-order valence-corrected chi connectivity index (χ2v) is 10.6. The summed E-state index contributed by atoms with van der Waals surface area (Å²) in [5.41, 5.74) is 2.57. The zero-order valence-electron chi connectivity index (χ0n) is 22.2. The molecule has 0 spiro atoms. The third-order valence-corrected chi connectivity index (χ3v) is 7.85. The third-order valence-electron chi connectivity index (χ3n) is 7.30. The van der Waals surface area contributed by atoms with Crippen molar-refractivity contribution in [2.45, 2.75) is 52.1 Å². The molecule has 1 aliphatic rings. The maximum atomic E-state index is 13.7. The molecule has 1 unspecified atom stereocenters. The normalized spacial score (nSPS) is 16.4. The van der Waals surface area contributed by atoms with Gasteiger partial charge in [0.15, 0.2) is 0 Å². The number of likely N-dealkylation sites (tertiary alicyclic amines) is 1. The molecule has 2 amide bonds. The van der Waals surface area contributed by atoms with Crippen molar-refractivity contribution in [2.24, 2.45) is 0 Å². The Balaban J connectivity index is 1.43. The van der Waals surface area contributed by atoms with E-state index in [0.717, 1.165) is 29.7 Å². The molecule has 1 fully saturated rings. The smallest absolute Gasteiger partial charge is 0.256 e. The first kappa shape index (κ1) is 27.1. The van der Waals surface area contributed by atoms with Gasteiger partial charge in [-0.1, -0.05) is 23.2 Å². The van der Waals surface area contributed by atoms with Gasteiger partial charge in [0.1, 0.15) is 24.0 Å². The fourth-order valence-corrected chi connectivity index (χ4v) is 5.58. The van der Waals surface area contributed by atoms with Crippen LogP contribution >= 0.6 is 23.2 Å². The summed E-state index contributed by atoms with van der Waals surface area (Å²) in [4.78, 5) is 47.2. The lowest BCUT2D eigenvalue weighted by Gasteiger charge is -2.37. The fourth-order valence-electron chi connectivity index (χ4n) is 5.17. The monoisotopic (exact) mass is 567 g/mol. The second kappa shape index (κ2) is 11.4. The molecule has 2 aromatic carbocycles. The van der Waals surface area contributed by atoms with Gasteiger partial charge in [-0.25, -0.2) is 15.0 Å². The van der Waals surface area contributed by atoms with Crippen molar-refractivity contribution >= 4 is 62.8 Å². The van der Waals surface area contributed by atoms with Crippen LogP contribution in [-0.4, -0.2) is 67.2 Å². The number of halogens is 2. The van der Waals surface area contributed by atoms with Gasteiger partial charge in [-0.3, -0.25) is 9.59 Å². The van der Waals surface area contributed by atoms with Crippen LogP contribution in [0.25, 0.3) is 21.9 Å². The molecule has 11 heteroatoms. The lowest BCUT2D eigenvalue weighted by Crippen LogP contribution is -2.53. The predicted molar refractivity (Wildman–Crippen MR) is 154 cm³/mol. The van der Waals surface area contributed by atoms with E-state index >= 15 is 0 Å². The van der Waals surface area contributed by atoms with Crippen LogP contribution in [0.5, 0.6) is 0 Å². The summed E-state index contributed by atoms with van der Waals surface area (Å²) in [5, 5.41) is 4.98. The van der Waals surface area contributed by atoms with Gasteiger partial charge in [0.2, 0.25) is 5.91 Å². The number of benzene rings is 2. The minimum Gasteiger partial charge on any atom is -0.360 e. The van der Waals surface area contributed by atoms with Crippen LogP contribution < -0.4 is 5.32 Å². The number of rotatable bonds is 7. The van der Waals surface area contributed by atoms with Crippen LogP contribution in [0.2, 0.25) is 10.0 Å². The fraction of sp³-hybridized carbons (Fsp3) is 0.393. The van der Waals surface area contributed by atoms with Crippen molar-refractivity contribution in [2.75, 3.05) is 25.0 Å². The van der Waals surface area contributed by atoms with E-state index in [9.17, 15) is 9.59 Å². The number of likely N-dealkylation sites (N-methyl/N-ethyl adjacent to an activating group) is 1. The highest BCUT2D eigenvalue weighted by Gasteiger charge is 2.35. The van der Waals surface area contributed by atoms with Crippen molar-refractivity contribution in [1.82, 2.24) is 29.7 Å². The van der Waals surface area contributed by atoms with E-state index in [1.165, 1.54) is 6.33 Å². The van der Waals surface area contributed by atoms with Crippen molar-refractivity contribution in [1.29, 1.82) is 0 Å². The highest BCUT2D eigenvalue weighted by molar-refractivity contribution is 6.35. The SMILES string of the molecule is CCN(CC)C(=O)C1CCCCN1C(=O)c1cc2ncnc(N[C@H](C)c3nc4ccc(Cl)cc4[nH]3)c2cc1Cl. The van der Waals surface area contributed by atoms with Crippen molar-refractivity contribution in [3.8, 4) is 0 Å². The maximum absolute atomic E-state index is 13.7. The van der Waals surface area contributed by atoms with Gasteiger partial charge in [0, 0.05) is 30.0 Å². The number of aromatic amines is 1. The molecule has 4 aromatic rings. The first-order chi connectivity index (χ1) is 18.8. The van der Waals surface area contributed by atoms with Gasteiger partial charge in [-0.2, -0.15) is 0 Å². The van der Waals surface area contributed by atoms with E-state index < -0.39 is 6.04 Å². The standard InChI is InChI=1S/C28H31Cl2N7O2/c1-4-36(5-2)28(39)24-8-6-7-11-37(24)27(38)18-14-22-19(13-20(18)30)26(32-15-31-22)33-16(3)25-34-21-10-9-17(29)12-23(21)35-25/h9-10,12-16,24H,4-8,11H2,1-3H3,(H,34,35)(H,31,32,33)/t16-,24?/m1/s1. The van der Waals surface area contributed by atoms with Gasteiger partial charge in [-0.15, -0.1) is 0 Å². The van der Waals surface area contributed by atoms with E-state index in [4.69, 9.17) is 23.2 Å². The topological polar surface area (TPSA) is 107 Å². The van der Waals surface area contributed by atoms with Crippen LogP contribution in [0.4, 0.5) is 5.82 Å². The Kier molecular flexibility index (Phi) is 7.91. The molecule has 2 atom stereocenters. The predicted octanol–water partition coefficient (Wildman–Crippen LogP) is 5.85. The van der Waals surface area contributed by atoms with Gasteiger partial charge in [0.25, 0.3) is 5.91 Å². The summed E-state index contributed by atoms with van der Waals surface area (Å²) in [6.45, 7) is 7.60. The third kappa shape index (κ3) is 5.38. The van der Waals surface area contributed by atoms with Crippen molar-refractivity contribution < 1.29 is 9.59 Å². The Labute approximate surface area is 236 Å². The van der Waals surface area contributed by atoms with E-state index in [0.29, 0.717) is 53.4 Å². The number of nitrogens with one attached hydrogen (secondary N) is 2. The molecule has 39 heavy (non-hydrogen) atoms. The van der Waals surface area contributed by atoms with Crippen molar-refractivity contribution in [3.63, 3.8) is 0 Å². The molecule has 204 valence electrons. The summed E-state index contributed by atoms with van der Waals surface area (Å²) in [6.07, 6.45) is 3.85. The van der Waals surface area contributed by atoms with Crippen LogP contribution in [-0.2, 0) is 4.79 Å². The van der Waals surface area contributed by atoms with E-state index in [1.807, 2.05) is 32.9 Å². The van der Waals surface area contributed by atoms with Crippen LogP contribution in [0.3, 0.4) is 0 Å². The molecule has 5 rings (SSSR count). The number of carbonyl (C=O) groups excluding carboxylic acids is 2. The highest BCUT2D eigenvalue weighted by Crippen LogP contribution is 2.31. The number of hydrogen-bond donors (Lipinski definition) is 2. The Morgan fingerprint density at radius 2 is 1.92 bits per heavy atom. The molecule has 3 heterocycles. The largest absolute Gasteiger partial charge is 0.360 e. The minimum absolute atomic E-state index is 0.0133. The average molecular weight is 569 g/mol. The molecule has 0 radical (unpaired) electrons. The Morgan fingerprint density at radius 1 is 1.13 bits per heavy atom. The molecule has 1 aliphatic heterocycles. The number of nitrogens with zero attached hydrogens (tertiary/aromatic N) is 5. The Bertz CT molecular complexity index is 1540. The maximum Gasteiger partial charge on any atom is 0.256 e. The Morgan fingerprint density at radius 3 is 2.69 bits per heavy atom. The van der Waals surface area contributed by atoms with E-state index in [2.05, 4.69) is 25.3 Å². The molecule has 0 bridgehead atoms. The molecular weight excluding hydrogens is 537 g/mol. The number of fused-ring (bicyclic) bond motifs is 2. The highest BCUT2D eigenvalue weighted by atomic mass is 35.5. The number of aromatic nitrogens is 4. The lowest BCUT2D eigenvalue weighted by molar-refractivity contribution is -0.136. The second-order valence-electron chi connectivity index (χ2n) is 9.74. The number of anilines is 1. The number of imidazole rings is 1. The first-order valence-corrected chi connectivity index (χ1v) is 14.0. The molecule has 0 aliphatic carbocycles. The molecule has 9 nitrogen and oxygen atoms in total. The van der Waals surface area contributed by atoms with Gasteiger partial charge in [-0.05, 0) is 70.4 Å². The molecule has 1 saturated heterocycles.